The third kappa shape index (κ3) is 3.83. The summed E-state index contributed by atoms with van der Waals surface area (Å²) in [7, 11) is 1.79. The summed E-state index contributed by atoms with van der Waals surface area (Å²) in [6.07, 6.45) is 3.85. The molecule has 27 heavy (non-hydrogen) atoms. The van der Waals surface area contributed by atoms with Crippen molar-refractivity contribution >= 4 is 23.2 Å². The molecule has 0 aliphatic carbocycles. The Morgan fingerprint density at radius 2 is 1.85 bits per heavy atom. The van der Waals surface area contributed by atoms with Crippen LogP contribution in [0.4, 0.5) is 5.69 Å². The smallest absolute Gasteiger partial charge is 0.254 e. The predicted molar refractivity (Wildman–Crippen MR) is 106 cm³/mol. The van der Waals surface area contributed by atoms with E-state index in [1.54, 1.807) is 24.1 Å². The number of hydrogen-bond acceptors (Lipinski definition) is 4. The third-order valence-electron chi connectivity index (χ3n) is 5.10. The number of ether oxygens (including phenoxy) is 2. The summed E-state index contributed by atoms with van der Waals surface area (Å²) < 4.78 is 10.7. The normalized spacial score (nSPS) is 15.7. The van der Waals surface area contributed by atoms with E-state index in [1.807, 2.05) is 0 Å². The van der Waals surface area contributed by atoms with Gasteiger partial charge in [-0.1, -0.05) is 23.7 Å². The highest BCUT2D eigenvalue weighted by Gasteiger charge is 2.22. The van der Waals surface area contributed by atoms with Crippen LogP contribution in [0.25, 0.3) is 0 Å². The fraction of sp³-hybridized carbons (Fsp3) is 0.381. The van der Waals surface area contributed by atoms with Crippen molar-refractivity contribution in [2.75, 3.05) is 31.8 Å². The number of halogens is 1. The number of benzene rings is 2. The molecule has 1 amide bonds. The van der Waals surface area contributed by atoms with Gasteiger partial charge in [-0.3, -0.25) is 4.79 Å². The molecule has 6 heteroatoms. The number of hydrogen-bond donors (Lipinski definition) is 0. The first-order chi connectivity index (χ1) is 13.1. The van der Waals surface area contributed by atoms with Gasteiger partial charge in [0.15, 0.2) is 11.5 Å². The van der Waals surface area contributed by atoms with Crippen molar-refractivity contribution in [1.29, 1.82) is 0 Å². The highest BCUT2D eigenvalue weighted by atomic mass is 35.5. The lowest BCUT2D eigenvalue weighted by Gasteiger charge is -2.29. The molecule has 2 aromatic rings. The van der Waals surface area contributed by atoms with Crippen LogP contribution in [0.1, 0.15) is 35.2 Å². The lowest BCUT2D eigenvalue weighted by Crippen LogP contribution is -2.29. The lowest BCUT2D eigenvalue weighted by atomic mass is 10.1. The van der Waals surface area contributed by atoms with E-state index in [1.165, 1.54) is 24.9 Å². The van der Waals surface area contributed by atoms with Gasteiger partial charge in [-0.25, -0.2) is 0 Å². The van der Waals surface area contributed by atoms with Crippen LogP contribution in [0.3, 0.4) is 0 Å². The molecule has 5 nitrogen and oxygen atoms in total. The number of carbonyl (C=O) groups is 1. The quantitative estimate of drug-likeness (QED) is 0.784. The van der Waals surface area contributed by atoms with Gasteiger partial charge < -0.3 is 19.3 Å². The zero-order valence-electron chi connectivity index (χ0n) is 15.4. The van der Waals surface area contributed by atoms with E-state index in [0.717, 1.165) is 18.7 Å². The summed E-state index contributed by atoms with van der Waals surface area (Å²) in [5.41, 5.74) is 2.85. The summed E-state index contributed by atoms with van der Waals surface area (Å²) in [5, 5.41) is 0.396. The summed E-state index contributed by atoms with van der Waals surface area (Å²) in [4.78, 5) is 16.9. The Morgan fingerprint density at radius 3 is 2.59 bits per heavy atom. The molecule has 1 saturated heterocycles. The first kappa shape index (κ1) is 18.0. The van der Waals surface area contributed by atoms with Gasteiger partial charge in [0.1, 0.15) is 0 Å². The van der Waals surface area contributed by atoms with Crippen LogP contribution in [0.5, 0.6) is 11.5 Å². The molecule has 0 saturated carbocycles. The first-order valence-electron chi connectivity index (χ1n) is 9.30. The molecule has 0 bridgehead atoms. The number of carbonyl (C=O) groups excluding carboxylic acids is 1. The second-order valence-corrected chi connectivity index (χ2v) is 7.47. The second kappa shape index (κ2) is 7.69. The van der Waals surface area contributed by atoms with Crippen molar-refractivity contribution < 1.29 is 14.3 Å². The average molecular weight is 387 g/mol. The van der Waals surface area contributed by atoms with Gasteiger partial charge in [0.2, 0.25) is 6.79 Å². The Bertz CT molecular complexity index is 832. The zero-order valence-corrected chi connectivity index (χ0v) is 16.2. The zero-order chi connectivity index (χ0) is 18.8. The van der Waals surface area contributed by atoms with Gasteiger partial charge in [-0.05, 0) is 49.1 Å². The minimum Gasteiger partial charge on any atom is -0.454 e. The van der Waals surface area contributed by atoms with Crippen molar-refractivity contribution in [2.24, 2.45) is 0 Å². The van der Waals surface area contributed by atoms with Gasteiger partial charge >= 0.3 is 0 Å². The summed E-state index contributed by atoms with van der Waals surface area (Å²) >= 11 is 6.19. The van der Waals surface area contributed by atoms with E-state index in [0.29, 0.717) is 28.6 Å². The van der Waals surface area contributed by atoms with Gasteiger partial charge in [-0.2, -0.15) is 0 Å². The van der Waals surface area contributed by atoms with E-state index in [9.17, 15) is 4.79 Å². The van der Waals surface area contributed by atoms with Crippen molar-refractivity contribution in [3.05, 3.63) is 52.5 Å². The van der Waals surface area contributed by atoms with E-state index in [-0.39, 0.29) is 12.7 Å². The largest absolute Gasteiger partial charge is 0.454 e. The monoisotopic (exact) mass is 386 g/mol. The summed E-state index contributed by atoms with van der Waals surface area (Å²) in [6, 6.07) is 11.8. The van der Waals surface area contributed by atoms with Gasteiger partial charge in [0.25, 0.3) is 5.91 Å². The predicted octanol–water partition coefficient (Wildman–Crippen LogP) is 4.33. The molecule has 0 unspecified atom stereocenters. The molecule has 2 aliphatic rings. The molecule has 0 aromatic heterocycles. The topological polar surface area (TPSA) is 42.0 Å². The number of piperidine rings is 1. The van der Waals surface area contributed by atoms with Gasteiger partial charge in [0.05, 0.1) is 5.02 Å². The molecule has 4 rings (SSSR count). The molecule has 2 aromatic carbocycles. The van der Waals surface area contributed by atoms with Crippen LogP contribution in [-0.2, 0) is 6.54 Å². The van der Waals surface area contributed by atoms with Crippen LogP contribution < -0.4 is 14.4 Å². The number of rotatable bonds is 4. The maximum Gasteiger partial charge on any atom is 0.254 e. The molecule has 142 valence electrons. The Morgan fingerprint density at radius 1 is 1.11 bits per heavy atom. The summed E-state index contributed by atoms with van der Waals surface area (Å²) in [6.45, 7) is 2.92. The molecule has 2 aliphatic heterocycles. The number of amides is 1. The molecular weight excluding hydrogens is 364 g/mol. The number of nitrogens with zero attached hydrogens (tertiary/aromatic N) is 2. The number of anilines is 1. The SMILES string of the molecule is CN(Cc1ccc(N2CCCCC2)cc1)C(=O)c1cc(Cl)c2c(c1)OCO2. The minimum atomic E-state index is -0.102. The standard InChI is InChI=1S/C21H23ClN2O3/c1-23(21(25)16-11-18(22)20-19(12-16)26-14-27-20)13-15-5-7-17(8-6-15)24-9-3-2-4-10-24/h5-8,11-12H,2-4,9-10,13-14H2,1H3. The maximum atomic E-state index is 12.8. The van der Waals surface area contributed by atoms with Crippen LogP contribution >= 0.6 is 11.6 Å². The van der Waals surface area contributed by atoms with Crippen molar-refractivity contribution in [2.45, 2.75) is 25.8 Å². The Balaban J connectivity index is 1.43. The van der Waals surface area contributed by atoms with Crippen LogP contribution in [0, 0.1) is 0 Å². The lowest BCUT2D eigenvalue weighted by molar-refractivity contribution is 0.0784. The maximum absolute atomic E-state index is 12.8. The fourth-order valence-electron chi connectivity index (χ4n) is 3.62. The molecule has 2 heterocycles. The van der Waals surface area contributed by atoms with E-state index < -0.39 is 0 Å². The van der Waals surface area contributed by atoms with Crippen molar-refractivity contribution in [3.8, 4) is 11.5 Å². The van der Waals surface area contributed by atoms with E-state index in [2.05, 4.69) is 29.2 Å². The first-order valence-corrected chi connectivity index (χ1v) is 9.68. The van der Waals surface area contributed by atoms with E-state index >= 15 is 0 Å². The molecular formula is C21H23ClN2O3. The van der Waals surface area contributed by atoms with E-state index in [4.69, 9.17) is 21.1 Å². The molecule has 0 radical (unpaired) electrons. The van der Waals surface area contributed by atoms with Crippen molar-refractivity contribution in [1.82, 2.24) is 4.90 Å². The molecule has 0 N–H and O–H groups in total. The average Bonchev–Trinajstić information content (AvgIpc) is 3.18. The van der Waals surface area contributed by atoms with Crippen molar-refractivity contribution in [3.63, 3.8) is 0 Å². The molecule has 1 fully saturated rings. The molecule has 0 atom stereocenters. The van der Waals surface area contributed by atoms with Crippen LogP contribution in [0.2, 0.25) is 5.02 Å². The Labute approximate surface area is 164 Å². The van der Waals surface area contributed by atoms with Crippen LogP contribution in [-0.4, -0.2) is 37.7 Å². The second-order valence-electron chi connectivity index (χ2n) is 7.07. The van der Waals surface area contributed by atoms with Gasteiger partial charge in [-0.15, -0.1) is 0 Å². The van der Waals surface area contributed by atoms with Crippen LogP contribution in [0.15, 0.2) is 36.4 Å². The Hall–Kier alpha value is -2.40. The fourth-order valence-corrected chi connectivity index (χ4v) is 3.89. The highest BCUT2D eigenvalue weighted by molar-refractivity contribution is 6.32. The third-order valence-corrected chi connectivity index (χ3v) is 5.38. The van der Waals surface area contributed by atoms with Gasteiger partial charge in [0, 0.05) is 37.9 Å². The summed E-state index contributed by atoms with van der Waals surface area (Å²) in [5.74, 6) is 0.921. The highest BCUT2D eigenvalue weighted by Crippen LogP contribution is 2.40. The number of fused-ring (bicyclic) bond motifs is 1. The molecule has 0 spiro atoms. The Kier molecular flexibility index (Phi) is 5.12. The minimum absolute atomic E-state index is 0.102.